The zero-order valence-corrected chi connectivity index (χ0v) is 15.5. The zero-order valence-electron chi connectivity index (χ0n) is 15.5. The molecule has 2 atom stereocenters. The van der Waals surface area contributed by atoms with E-state index < -0.39 is 5.97 Å². The summed E-state index contributed by atoms with van der Waals surface area (Å²) in [7, 11) is 0. The number of carboxylic acid groups (broad SMARTS) is 1. The van der Waals surface area contributed by atoms with Crippen molar-refractivity contribution in [2.75, 3.05) is 19.6 Å². The lowest BCUT2D eigenvalue weighted by atomic mass is 9.83. The molecule has 1 aromatic carbocycles. The van der Waals surface area contributed by atoms with E-state index in [4.69, 9.17) is 9.84 Å². The molecule has 25 heavy (non-hydrogen) atoms. The van der Waals surface area contributed by atoms with E-state index in [9.17, 15) is 4.79 Å². The van der Waals surface area contributed by atoms with Gasteiger partial charge in [-0.2, -0.15) is 0 Å². The summed E-state index contributed by atoms with van der Waals surface area (Å²) < 4.78 is 6.02. The minimum atomic E-state index is -0.669. The van der Waals surface area contributed by atoms with E-state index in [-0.39, 0.29) is 12.0 Å². The monoisotopic (exact) mass is 343 g/mol. The molecule has 1 aromatic rings. The van der Waals surface area contributed by atoms with Gasteiger partial charge in [0.15, 0.2) is 0 Å². The topological polar surface area (TPSA) is 49.8 Å². The normalized spacial score (nSPS) is 21.9. The number of aliphatic carboxylic acids is 1. The van der Waals surface area contributed by atoms with Gasteiger partial charge in [0.1, 0.15) is 5.75 Å². The second-order valence-corrected chi connectivity index (χ2v) is 7.63. The summed E-state index contributed by atoms with van der Waals surface area (Å²) in [5, 5.41) is 9.01. The van der Waals surface area contributed by atoms with E-state index in [0.29, 0.717) is 19.0 Å². The molecule has 0 bridgehead atoms. The average Bonchev–Trinajstić information content (AvgIpc) is 2.50. The first-order chi connectivity index (χ1) is 12.0. The number of ether oxygens (including phenoxy) is 1. The fraction of sp³-hybridized carbons (Fsp3) is 0.571. The Labute approximate surface area is 150 Å². The molecule has 1 fully saturated rings. The molecule has 0 radical (unpaired) electrons. The zero-order chi connectivity index (χ0) is 18.0. The summed E-state index contributed by atoms with van der Waals surface area (Å²) in [6, 6.07) is 6.42. The van der Waals surface area contributed by atoms with Crippen LogP contribution in [0.25, 0.3) is 6.08 Å². The number of fused-ring (bicyclic) bond motifs is 1. The summed E-state index contributed by atoms with van der Waals surface area (Å²) in [5.74, 6) is 0.601. The molecule has 1 N–H and O–H groups in total. The Morgan fingerprint density at radius 3 is 2.84 bits per heavy atom. The molecule has 3 rings (SSSR count). The Balaban J connectivity index is 1.65. The largest absolute Gasteiger partial charge is 0.491 e. The maximum absolute atomic E-state index is 10.9. The van der Waals surface area contributed by atoms with Crippen LogP contribution >= 0.6 is 0 Å². The summed E-state index contributed by atoms with van der Waals surface area (Å²) in [6.45, 7) is 8.80. The van der Waals surface area contributed by atoms with Gasteiger partial charge in [0, 0.05) is 19.6 Å². The Bertz CT molecular complexity index is 661. The number of hydrogen-bond acceptors (Lipinski definition) is 3. The summed E-state index contributed by atoms with van der Waals surface area (Å²) in [6.07, 6.45) is 5.77. The molecule has 2 aliphatic rings. The Morgan fingerprint density at radius 2 is 2.16 bits per heavy atom. The third kappa shape index (κ3) is 4.24. The highest BCUT2D eigenvalue weighted by molar-refractivity contribution is 5.71. The van der Waals surface area contributed by atoms with Crippen molar-refractivity contribution >= 4 is 12.0 Å². The molecule has 136 valence electrons. The fourth-order valence-corrected chi connectivity index (χ4v) is 3.79. The van der Waals surface area contributed by atoms with Crippen molar-refractivity contribution in [3.8, 4) is 5.75 Å². The van der Waals surface area contributed by atoms with Crippen molar-refractivity contribution in [3.05, 3.63) is 34.9 Å². The molecule has 0 spiro atoms. The van der Waals surface area contributed by atoms with Gasteiger partial charge in [-0.25, -0.2) is 0 Å². The summed E-state index contributed by atoms with van der Waals surface area (Å²) >= 11 is 0. The minimum Gasteiger partial charge on any atom is -0.491 e. The molecule has 1 heterocycles. The number of carbonyl (C=O) groups is 1. The lowest BCUT2D eigenvalue weighted by Gasteiger charge is -2.38. The van der Waals surface area contributed by atoms with Crippen molar-refractivity contribution in [2.24, 2.45) is 11.8 Å². The van der Waals surface area contributed by atoms with E-state index in [2.05, 4.69) is 49.9 Å². The quantitative estimate of drug-likeness (QED) is 0.817. The molecule has 1 aliphatic heterocycles. The van der Waals surface area contributed by atoms with Crippen LogP contribution in [0.3, 0.4) is 0 Å². The standard InChI is InChI=1S/C21H29NO3/c1-4-5-15(3)25-20-7-6-16-9-18(14(2)8-17(16)10-20)11-22-12-19(13-22)21(23)24/h6-7,9-10,14-15,19H,4-5,8,11-13H2,1-3H3,(H,23,24)/t14-,15?/m1/s1. The molecule has 0 aromatic heterocycles. The van der Waals surface area contributed by atoms with Crippen LogP contribution in [0.15, 0.2) is 23.8 Å². The van der Waals surface area contributed by atoms with Gasteiger partial charge in [-0.1, -0.05) is 38.0 Å². The second kappa shape index (κ2) is 7.61. The Morgan fingerprint density at radius 1 is 1.40 bits per heavy atom. The molecular weight excluding hydrogens is 314 g/mol. The molecule has 4 nitrogen and oxygen atoms in total. The van der Waals surface area contributed by atoms with Gasteiger partial charge in [-0.15, -0.1) is 0 Å². The van der Waals surface area contributed by atoms with E-state index in [1.807, 2.05) is 0 Å². The molecule has 1 saturated heterocycles. The first-order valence-corrected chi connectivity index (χ1v) is 9.41. The lowest BCUT2D eigenvalue weighted by molar-refractivity contribution is -0.147. The number of likely N-dealkylation sites (tertiary alicyclic amines) is 1. The van der Waals surface area contributed by atoms with Gasteiger partial charge in [0.25, 0.3) is 0 Å². The number of rotatable bonds is 7. The highest BCUT2D eigenvalue weighted by Gasteiger charge is 2.33. The first kappa shape index (κ1) is 18.0. The van der Waals surface area contributed by atoms with Crippen molar-refractivity contribution in [1.82, 2.24) is 4.90 Å². The van der Waals surface area contributed by atoms with Crippen LogP contribution in [-0.2, 0) is 11.2 Å². The van der Waals surface area contributed by atoms with E-state index in [0.717, 1.165) is 31.6 Å². The van der Waals surface area contributed by atoms with Crippen LogP contribution in [0.4, 0.5) is 0 Å². The molecular formula is C21H29NO3. The van der Waals surface area contributed by atoms with E-state index >= 15 is 0 Å². The summed E-state index contributed by atoms with van der Waals surface area (Å²) in [4.78, 5) is 13.2. The number of nitrogens with zero attached hydrogens (tertiary/aromatic N) is 1. The van der Waals surface area contributed by atoms with Gasteiger partial charge in [0.05, 0.1) is 12.0 Å². The lowest BCUT2D eigenvalue weighted by Crippen LogP contribution is -2.51. The van der Waals surface area contributed by atoms with Gasteiger partial charge in [-0.3, -0.25) is 9.69 Å². The number of benzene rings is 1. The predicted molar refractivity (Wildman–Crippen MR) is 99.9 cm³/mol. The SMILES string of the molecule is CCCC(C)Oc1ccc2c(c1)C[C@@H](C)C(CN1CC(C(=O)O)C1)=C2. The van der Waals surface area contributed by atoms with Gasteiger partial charge in [-0.05, 0) is 48.9 Å². The predicted octanol–water partition coefficient (Wildman–Crippen LogP) is 3.85. The van der Waals surface area contributed by atoms with Crippen molar-refractivity contribution in [3.63, 3.8) is 0 Å². The van der Waals surface area contributed by atoms with E-state index in [1.54, 1.807) is 0 Å². The van der Waals surface area contributed by atoms with Gasteiger partial charge < -0.3 is 9.84 Å². The van der Waals surface area contributed by atoms with Crippen LogP contribution in [0.5, 0.6) is 5.75 Å². The van der Waals surface area contributed by atoms with Gasteiger partial charge in [0.2, 0.25) is 0 Å². The van der Waals surface area contributed by atoms with Crippen LogP contribution < -0.4 is 4.74 Å². The van der Waals surface area contributed by atoms with Crippen molar-refractivity contribution in [1.29, 1.82) is 0 Å². The molecule has 1 aliphatic carbocycles. The van der Waals surface area contributed by atoms with Crippen LogP contribution in [0.1, 0.15) is 44.7 Å². The van der Waals surface area contributed by atoms with Crippen molar-refractivity contribution < 1.29 is 14.6 Å². The highest BCUT2D eigenvalue weighted by atomic mass is 16.5. The van der Waals surface area contributed by atoms with Gasteiger partial charge >= 0.3 is 5.97 Å². The van der Waals surface area contributed by atoms with Crippen molar-refractivity contribution in [2.45, 2.75) is 46.1 Å². The third-order valence-electron chi connectivity index (χ3n) is 5.36. The first-order valence-electron chi connectivity index (χ1n) is 9.41. The second-order valence-electron chi connectivity index (χ2n) is 7.63. The van der Waals surface area contributed by atoms with Crippen LogP contribution in [0, 0.1) is 11.8 Å². The Hall–Kier alpha value is -1.81. The third-order valence-corrected chi connectivity index (χ3v) is 5.36. The summed E-state index contributed by atoms with van der Waals surface area (Å²) in [5.41, 5.74) is 4.03. The average molecular weight is 343 g/mol. The highest BCUT2D eigenvalue weighted by Crippen LogP contribution is 2.32. The maximum atomic E-state index is 10.9. The van der Waals surface area contributed by atoms with Crippen LogP contribution in [-0.4, -0.2) is 41.7 Å². The molecule has 0 saturated carbocycles. The maximum Gasteiger partial charge on any atom is 0.309 e. The molecule has 1 unspecified atom stereocenters. The number of hydrogen-bond donors (Lipinski definition) is 1. The molecule has 0 amide bonds. The number of carboxylic acids is 1. The Kier molecular flexibility index (Phi) is 5.48. The smallest absolute Gasteiger partial charge is 0.309 e. The molecule has 4 heteroatoms. The minimum absolute atomic E-state index is 0.184. The van der Waals surface area contributed by atoms with Crippen LogP contribution in [0.2, 0.25) is 0 Å². The fourth-order valence-electron chi connectivity index (χ4n) is 3.79. The van der Waals surface area contributed by atoms with E-state index in [1.165, 1.54) is 16.7 Å².